The average Bonchev–Trinajstić information content (AvgIpc) is 2.81. The maximum absolute atomic E-state index is 13.7. The molecule has 2 aromatic rings. The molecule has 0 aliphatic carbocycles. The fourth-order valence-electron chi connectivity index (χ4n) is 1.63. The van der Waals surface area contributed by atoms with E-state index in [4.69, 9.17) is 0 Å². The molecule has 0 fully saturated rings. The van der Waals surface area contributed by atoms with Crippen molar-refractivity contribution >= 4 is 15.7 Å². The molecule has 0 aliphatic heterocycles. The van der Waals surface area contributed by atoms with Gasteiger partial charge in [0.2, 0.25) is 10.0 Å². The number of halogens is 1. The molecule has 10 heteroatoms. The number of H-pyrrole nitrogens is 1. The summed E-state index contributed by atoms with van der Waals surface area (Å²) in [6, 6.07) is 2.36. The molecule has 112 valence electrons. The highest BCUT2D eigenvalue weighted by Crippen LogP contribution is 2.20. The van der Waals surface area contributed by atoms with Gasteiger partial charge in [-0.15, -0.1) is 0 Å². The minimum absolute atomic E-state index is 0.0684. The number of sulfonamides is 1. The van der Waals surface area contributed by atoms with Gasteiger partial charge in [-0.2, -0.15) is 5.10 Å². The molecule has 0 saturated carbocycles. The largest absolute Gasteiger partial charge is 0.283 e. The van der Waals surface area contributed by atoms with Crippen LogP contribution in [0.3, 0.4) is 0 Å². The minimum atomic E-state index is -4.12. The lowest BCUT2D eigenvalue weighted by molar-refractivity contribution is -0.385. The number of benzene rings is 1. The molecule has 2 N–H and O–H groups in total. The number of hydrogen-bond acceptors (Lipinski definition) is 5. The third-order valence-electron chi connectivity index (χ3n) is 2.80. The maximum Gasteiger partial charge on any atom is 0.272 e. The molecule has 2 rings (SSSR count). The molecule has 0 radical (unpaired) electrons. The monoisotopic (exact) mass is 314 g/mol. The fourth-order valence-corrected chi connectivity index (χ4v) is 2.69. The third-order valence-corrected chi connectivity index (χ3v) is 4.24. The molecule has 1 aromatic heterocycles. The highest BCUT2D eigenvalue weighted by Gasteiger charge is 2.21. The van der Waals surface area contributed by atoms with Gasteiger partial charge in [-0.3, -0.25) is 15.2 Å². The van der Waals surface area contributed by atoms with Crippen LogP contribution in [0.25, 0.3) is 0 Å². The summed E-state index contributed by atoms with van der Waals surface area (Å²) >= 11 is 0. The Hall–Kier alpha value is -2.33. The highest BCUT2D eigenvalue weighted by atomic mass is 32.2. The van der Waals surface area contributed by atoms with Crippen molar-refractivity contribution in [2.45, 2.75) is 18.4 Å². The summed E-state index contributed by atoms with van der Waals surface area (Å²) in [6.45, 7) is 1.64. The van der Waals surface area contributed by atoms with Crippen LogP contribution in [0.5, 0.6) is 0 Å². The lowest BCUT2D eigenvalue weighted by Gasteiger charge is -2.07. The third kappa shape index (κ3) is 3.23. The second-order valence-corrected chi connectivity index (χ2v) is 5.95. The maximum atomic E-state index is 13.7. The van der Waals surface area contributed by atoms with Gasteiger partial charge in [-0.1, -0.05) is 0 Å². The SMILES string of the molecule is Cc1[nH]ncc1CNS(=O)(=O)c1ccc([N+](=O)[O-])cc1F. The summed E-state index contributed by atoms with van der Waals surface area (Å²) in [4.78, 5) is 9.05. The van der Waals surface area contributed by atoms with Crippen molar-refractivity contribution in [1.82, 2.24) is 14.9 Å². The Morgan fingerprint density at radius 2 is 2.19 bits per heavy atom. The van der Waals surface area contributed by atoms with Crippen LogP contribution >= 0.6 is 0 Å². The molecule has 0 spiro atoms. The van der Waals surface area contributed by atoms with Crippen LogP contribution in [0.4, 0.5) is 10.1 Å². The van der Waals surface area contributed by atoms with E-state index >= 15 is 0 Å². The Morgan fingerprint density at radius 1 is 1.48 bits per heavy atom. The van der Waals surface area contributed by atoms with Gasteiger partial charge < -0.3 is 0 Å². The predicted molar refractivity (Wildman–Crippen MR) is 70.4 cm³/mol. The van der Waals surface area contributed by atoms with Crippen molar-refractivity contribution in [1.29, 1.82) is 0 Å². The highest BCUT2D eigenvalue weighted by molar-refractivity contribution is 7.89. The van der Waals surface area contributed by atoms with E-state index in [2.05, 4.69) is 14.9 Å². The van der Waals surface area contributed by atoms with Crippen molar-refractivity contribution in [3.8, 4) is 0 Å². The Balaban J connectivity index is 2.23. The number of nitrogens with zero attached hydrogens (tertiary/aromatic N) is 2. The first-order valence-electron chi connectivity index (χ1n) is 5.73. The number of aryl methyl sites for hydroxylation is 1. The number of aromatic nitrogens is 2. The molecular weight excluding hydrogens is 303 g/mol. The van der Waals surface area contributed by atoms with Gasteiger partial charge in [0.1, 0.15) is 10.7 Å². The first-order valence-corrected chi connectivity index (χ1v) is 7.22. The van der Waals surface area contributed by atoms with E-state index in [0.29, 0.717) is 17.3 Å². The first-order chi connectivity index (χ1) is 9.81. The van der Waals surface area contributed by atoms with Gasteiger partial charge in [0.15, 0.2) is 0 Å². The van der Waals surface area contributed by atoms with Crippen LogP contribution in [-0.4, -0.2) is 23.5 Å². The Labute approximate surface area is 119 Å². The second-order valence-electron chi connectivity index (χ2n) is 4.22. The quantitative estimate of drug-likeness (QED) is 0.636. The molecule has 0 unspecified atom stereocenters. The van der Waals surface area contributed by atoms with E-state index < -0.39 is 31.3 Å². The van der Waals surface area contributed by atoms with Crippen molar-refractivity contribution in [3.05, 3.63) is 51.6 Å². The van der Waals surface area contributed by atoms with E-state index in [1.807, 2.05) is 0 Å². The van der Waals surface area contributed by atoms with Gasteiger partial charge in [0, 0.05) is 23.9 Å². The summed E-state index contributed by atoms with van der Waals surface area (Å²) in [6.07, 6.45) is 1.45. The second kappa shape index (κ2) is 5.58. The molecular formula is C11H11FN4O4S. The van der Waals surface area contributed by atoms with Crippen LogP contribution in [0.15, 0.2) is 29.3 Å². The van der Waals surface area contributed by atoms with Crippen molar-refractivity contribution in [2.75, 3.05) is 0 Å². The van der Waals surface area contributed by atoms with Crippen LogP contribution in [0.1, 0.15) is 11.3 Å². The molecule has 0 saturated heterocycles. The zero-order chi connectivity index (χ0) is 15.6. The zero-order valence-electron chi connectivity index (χ0n) is 10.8. The number of rotatable bonds is 5. The van der Waals surface area contributed by atoms with E-state index in [-0.39, 0.29) is 6.54 Å². The topological polar surface area (TPSA) is 118 Å². The van der Waals surface area contributed by atoms with Crippen LogP contribution in [0, 0.1) is 22.9 Å². The molecule has 0 aliphatic rings. The number of nitro benzene ring substituents is 1. The number of nitro groups is 1. The lowest BCUT2D eigenvalue weighted by Crippen LogP contribution is -2.24. The molecule has 1 aromatic carbocycles. The van der Waals surface area contributed by atoms with Crippen molar-refractivity contribution < 1.29 is 17.7 Å². The number of aromatic amines is 1. The van der Waals surface area contributed by atoms with Gasteiger partial charge in [-0.25, -0.2) is 17.5 Å². The normalized spacial score (nSPS) is 11.5. The summed E-state index contributed by atoms with van der Waals surface area (Å²) in [5, 5.41) is 16.9. The van der Waals surface area contributed by atoms with E-state index in [1.54, 1.807) is 6.92 Å². The van der Waals surface area contributed by atoms with Gasteiger partial charge in [-0.05, 0) is 13.0 Å². The Morgan fingerprint density at radius 3 is 2.71 bits per heavy atom. The molecule has 21 heavy (non-hydrogen) atoms. The molecule has 0 bridgehead atoms. The van der Waals surface area contributed by atoms with Gasteiger partial charge in [0.25, 0.3) is 5.69 Å². The summed E-state index contributed by atoms with van der Waals surface area (Å²) in [7, 11) is -4.12. The van der Waals surface area contributed by atoms with Gasteiger partial charge >= 0.3 is 0 Å². The van der Waals surface area contributed by atoms with Crippen LogP contribution < -0.4 is 4.72 Å². The number of non-ortho nitro benzene ring substituents is 1. The van der Waals surface area contributed by atoms with Crippen LogP contribution in [-0.2, 0) is 16.6 Å². The fraction of sp³-hybridized carbons (Fsp3) is 0.182. The van der Waals surface area contributed by atoms with E-state index in [1.165, 1.54) is 6.20 Å². The van der Waals surface area contributed by atoms with Gasteiger partial charge in [0.05, 0.1) is 17.2 Å². The van der Waals surface area contributed by atoms with Crippen LogP contribution in [0.2, 0.25) is 0 Å². The molecule has 0 amide bonds. The predicted octanol–water partition coefficient (Wildman–Crippen LogP) is 1.24. The van der Waals surface area contributed by atoms with E-state index in [0.717, 1.165) is 12.1 Å². The van der Waals surface area contributed by atoms with Crippen molar-refractivity contribution in [3.63, 3.8) is 0 Å². The molecule has 0 atom stereocenters. The summed E-state index contributed by atoms with van der Waals surface area (Å²) < 4.78 is 39.9. The number of nitrogens with one attached hydrogen (secondary N) is 2. The average molecular weight is 314 g/mol. The molecule has 1 heterocycles. The zero-order valence-corrected chi connectivity index (χ0v) is 11.6. The van der Waals surface area contributed by atoms with E-state index in [9.17, 15) is 22.9 Å². The minimum Gasteiger partial charge on any atom is -0.283 e. The smallest absolute Gasteiger partial charge is 0.272 e. The summed E-state index contributed by atoms with van der Waals surface area (Å²) in [5.41, 5.74) is 0.778. The molecule has 8 nitrogen and oxygen atoms in total. The van der Waals surface area contributed by atoms with Crippen molar-refractivity contribution in [2.24, 2.45) is 0 Å². The first kappa shape index (κ1) is 15.1. The Bertz CT molecular complexity index is 787. The number of hydrogen-bond donors (Lipinski definition) is 2. The summed E-state index contributed by atoms with van der Waals surface area (Å²) in [5.74, 6) is -1.18. The lowest BCUT2D eigenvalue weighted by atomic mass is 10.3. The Kier molecular flexibility index (Phi) is 4.00. The standard InChI is InChI=1S/C11H11FN4O4S/c1-7-8(5-13-15-7)6-14-21(19,20)11-3-2-9(16(17)18)4-10(11)12/h2-5,14H,6H2,1H3,(H,13,15).